The number of carboxylic acid groups (broad SMARTS) is 1. The van der Waals surface area contributed by atoms with Crippen LogP contribution >= 0.6 is 0 Å². The maximum Gasteiger partial charge on any atom is 0.354 e. The van der Waals surface area contributed by atoms with Crippen LogP contribution in [0.2, 0.25) is 0 Å². The fourth-order valence-corrected chi connectivity index (χ4v) is 2.11. The number of aromatic nitrogens is 1. The van der Waals surface area contributed by atoms with Crippen LogP contribution in [0.5, 0.6) is 0 Å². The van der Waals surface area contributed by atoms with Crippen LogP contribution in [0, 0.1) is 0 Å². The molecule has 1 aliphatic rings. The Morgan fingerprint density at radius 2 is 1.67 bits per heavy atom. The molecule has 0 unspecified atom stereocenters. The second-order valence-electron chi connectivity index (χ2n) is 4.42. The Hall–Kier alpha value is -1.91. The Balaban J connectivity index is 2.16. The van der Waals surface area contributed by atoms with Gasteiger partial charge in [0.25, 0.3) is 5.91 Å². The maximum atomic E-state index is 12.2. The van der Waals surface area contributed by atoms with Gasteiger partial charge in [0, 0.05) is 13.1 Å². The van der Waals surface area contributed by atoms with E-state index in [1.807, 2.05) is 0 Å². The lowest BCUT2D eigenvalue weighted by atomic mass is 10.2. The Labute approximate surface area is 105 Å². The fourth-order valence-electron chi connectivity index (χ4n) is 2.11. The van der Waals surface area contributed by atoms with Gasteiger partial charge in [-0.05, 0) is 25.0 Å². The molecule has 5 nitrogen and oxygen atoms in total. The van der Waals surface area contributed by atoms with Gasteiger partial charge in [-0.2, -0.15) is 0 Å². The van der Waals surface area contributed by atoms with Crippen molar-refractivity contribution in [1.29, 1.82) is 0 Å². The quantitative estimate of drug-likeness (QED) is 0.866. The summed E-state index contributed by atoms with van der Waals surface area (Å²) >= 11 is 0. The van der Waals surface area contributed by atoms with Gasteiger partial charge in [0.2, 0.25) is 0 Å². The summed E-state index contributed by atoms with van der Waals surface area (Å²) in [6.07, 6.45) is 4.30. The summed E-state index contributed by atoms with van der Waals surface area (Å²) < 4.78 is 0. The van der Waals surface area contributed by atoms with Gasteiger partial charge in [-0.1, -0.05) is 18.9 Å². The van der Waals surface area contributed by atoms with Gasteiger partial charge in [0.1, 0.15) is 11.4 Å². The first-order valence-electron chi connectivity index (χ1n) is 6.18. The smallest absolute Gasteiger partial charge is 0.354 e. The molecule has 1 saturated heterocycles. The Morgan fingerprint density at radius 1 is 1.06 bits per heavy atom. The predicted molar refractivity (Wildman–Crippen MR) is 65.6 cm³/mol. The SMILES string of the molecule is O=C(O)c1cccc(C(=O)N2CCCCCC2)n1. The van der Waals surface area contributed by atoms with E-state index in [-0.39, 0.29) is 17.3 Å². The molecule has 2 heterocycles. The third kappa shape index (κ3) is 2.85. The Bertz CT molecular complexity index is 451. The molecule has 0 bridgehead atoms. The lowest BCUT2D eigenvalue weighted by molar-refractivity contribution is 0.0690. The molecule has 0 spiro atoms. The number of carbonyl (C=O) groups excluding carboxylic acids is 1. The van der Waals surface area contributed by atoms with Crippen LogP contribution < -0.4 is 0 Å². The number of carboxylic acids is 1. The summed E-state index contributed by atoms with van der Waals surface area (Å²) in [7, 11) is 0. The molecule has 0 atom stereocenters. The molecule has 0 aromatic carbocycles. The minimum Gasteiger partial charge on any atom is -0.477 e. The average molecular weight is 248 g/mol. The van der Waals surface area contributed by atoms with E-state index in [9.17, 15) is 9.59 Å². The number of amides is 1. The number of nitrogens with zero attached hydrogens (tertiary/aromatic N) is 2. The fraction of sp³-hybridized carbons (Fsp3) is 0.462. The first kappa shape index (κ1) is 12.5. The normalized spacial score (nSPS) is 16.1. The predicted octanol–water partition coefficient (Wildman–Crippen LogP) is 1.80. The maximum absolute atomic E-state index is 12.2. The lowest BCUT2D eigenvalue weighted by Crippen LogP contribution is -2.32. The van der Waals surface area contributed by atoms with Gasteiger partial charge in [0.05, 0.1) is 0 Å². The number of aromatic carboxylic acids is 1. The van der Waals surface area contributed by atoms with Crippen LogP contribution in [-0.2, 0) is 0 Å². The van der Waals surface area contributed by atoms with Crippen LogP contribution in [0.1, 0.15) is 46.7 Å². The van der Waals surface area contributed by atoms with Gasteiger partial charge in [-0.15, -0.1) is 0 Å². The molecule has 1 fully saturated rings. The summed E-state index contributed by atoms with van der Waals surface area (Å²) in [6.45, 7) is 1.47. The third-order valence-electron chi connectivity index (χ3n) is 3.08. The first-order chi connectivity index (χ1) is 8.68. The van der Waals surface area contributed by atoms with Crippen molar-refractivity contribution < 1.29 is 14.7 Å². The van der Waals surface area contributed by atoms with Gasteiger partial charge < -0.3 is 10.0 Å². The summed E-state index contributed by atoms with van der Waals surface area (Å²) in [6, 6.07) is 4.52. The molecule has 0 radical (unpaired) electrons. The molecule has 1 amide bonds. The molecule has 1 aromatic heterocycles. The van der Waals surface area contributed by atoms with Crippen molar-refractivity contribution in [2.75, 3.05) is 13.1 Å². The molecule has 18 heavy (non-hydrogen) atoms. The minimum absolute atomic E-state index is 0.0873. The highest BCUT2D eigenvalue weighted by Gasteiger charge is 2.19. The van der Waals surface area contributed by atoms with E-state index in [2.05, 4.69) is 4.98 Å². The van der Waals surface area contributed by atoms with Crippen molar-refractivity contribution in [2.45, 2.75) is 25.7 Å². The second kappa shape index (κ2) is 5.62. The Kier molecular flexibility index (Phi) is 3.92. The molecule has 96 valence electrons. The molecular formula is C13H16N2O3. The van der Waals surface area contributed by atoms with Crippen LogP contribution in [-0.4, -0.2) is 40.0 Å². The molecule has 1 aliphatic heterocycles. The molecule has 5 heteroatoms. The zero-order chi connectivity index (χ0) is 13.0. The second-order valence-corrected chi connectivity index (χ2v) is 4.42. The molecule has 0 aliphatic carbocycles. The van der Waals surface area contributed by atoms with E-state index in [1.165, 1.54) is 6.07 Å². The zero-order valence-corrected chi connectivity index (χ0v) is 10.1. The van der Waals surface area contributed by atoms with Crippen LogP contribution in [0.3, 0.4) is 0 Å². The van der Waals surface area contributed by atoms with Gasteiger partial charge >= 0.3 is 5.97 Å². The van der Waals surface area contributed by atoms with Gasteiger partial charge in [-0.25, -0.2) is 9.78 Å². The van der Waals surface area contributed by atoms with Crippen molar-refractivity contribution >= 4 is 11.9 Å². The largest absolute Gasteiger partial charge is 0.477 e. The average Bonchev–Trinajstić information content (AvgIpc) is 2.67. The van der Waals surface area contributed by atoms with E-state index >= 15 is 0 Å². The number of hydrogen-bond acceptors (Lipinski definition) is 3. The van der Waals surface area contributed by atoms with Gasteiger partial charge in [0.15, 0.2) is 0 Å². The molecule has 2 rings (SSSR count). The van der Waals surface area contributed by atoms with Crippen molar-refractivity contribution in [2.24, 2.45) is 0 Å². The van der Waals surface area contributed by atoms with E-state index in [4.69, 9.17) is 5.11 Å². The van der Waals surface area contributed by atoms with E-state index < -0.39 is 5.97 Å². The van der Waals surface area contributed by atoms with Crippen molar-refractivity contribution in [3.63, 3.8) is 0 Å². The Morgan fingerprint density at radius 3 is 2.28 bits per heavy atom. The topological polar surface area (TPSA) is 70.5 Å². The number of likely N-dealkylation sites (tertiary alicyclic amines) is 1. The van der Waals surface area contributed by atoms with Crippen LogP contribution in [0.4, 0.5) is 0 Å². The summed E-state index contributed by atoms with van der Waals surface area (Å²) in [5, 5.41) is 8.86. The third-order valence-corrected chi connectivity index (χ3v) is 3.08. The highest BCUT2D eigenvalue weighted by molar-refractivity contribution is 5.94. The highest BCUT2D eigenvalue weighted by atomic mass is 16.4. The summed E-state index contributed by atoms with van der Waals surface area (Å²) in [4.78, 5) is 28.7. The molecule has 1 aromatic rings. The van der Waals surface area contributed by atoms with E-state index in [0.29, 0.717) is 0 Å². The first-order valence-corrected chi connectivity index (χ1v) is 6.18. The van der Waals surface area contributed by atoms with Crippen molar-refractivity contribution in [3.8, 4) is 0 Å². The number of hydrogen-bond donors (Lipinski definition) is 1. The summed E-state index contributed by atoms with van der Waals surface area (Å²) in [5.41, 5.74) is 0.132. The van der Waals surface area contributed by atoms with Crippen molar-refractivity contribution in [3.05, 3.63) is 29.6 Å². The lowest BCUT2D eigenvalue weighted by Gasteiger charge is -2.19. The highest BCUT2D eigenvalue weighted by Crippen LogP contribution is 2.12. The number of pyridine rings is 1. The minimum atomic E-state index is -1.11. The van der Waals surface area contributed by atoms with Crippen molar-refractivity contribution in [1.82, 2.24) is 9.88 Å². The molecule has 1 N–H and O–H groups in total. The number of carbonyl (C=O) groups is 2. The zero-order valence-electron chi connectivity index (χ0n) is 10.1. The van der Waals surface area contributed by atoms with E-state index in [1.54, 1.807) is 17.0 Å². The monoisotopic (exact) mass is 248 g/mol. The molecular weight excluding hydrogens is 232 g/mol. The van der Waals surface area contributed by atoms with E-state index in [0.717, 1.165) is 38.8 Å². The standard InChI is InChI=1S/C13H16N2O3/c16-12(15-8-3-1-2-4-9-15)10-6-5-7-11(14-10)13(17)18/h5-7H,1-4,8-9H2,(H,17,18). The number of rotatable bonds is 2. The van der Waals surface area contributed by atoms with Crippen LogP contribution in [0.15, 0.2) is 18.2 Å². The molecule has 0 saturated carbocycles. The summed E-state index contributed by atoms with van der Waals surface area (Å²) in [5.74, 6) is -1.28. The van der Waals surface area contributed by atoms with Crippen LogP contribution in [0.25, 0.3) is 0 Å². The van der Waals surface area contributed by atoms with Gasteiger partial charge in [-0.3, -0.25) is 4.79 Å².